The number of allylic oxidation sites excluding steroid dienone is 4. The van der Waals surface area contributed by atoms with E-state index in [4.69, 9.17) is 37.9 Å². The number of benzene rings is 1. The van der Waals surface area contributed by atoms with Crippen LogP contribution in [0.4, 0.5) is 10.5 Å². The maximum atomic E-state index is 14.2. The lowest BCUT2D eigenvalue weighted by Crippen LogP contribution is -2.60. The van der Waals surface area contributed by atoms with E-state index >= 15 is 0 Å². The molecule has 430 valence electrons. The number of ether oxygens (including phenoxy) is 8. The number of amides is 4. The lowest BCUT2D eigenvalue weighted by molar-refractivity contribution is -0.162. The molecular weight excluding hydrogens is 1060 g/mol. The van der Waals surface area contributed by atoms with E-state index < -0.39 is 77.4 Å². The van der Waals surface area contributed by atoms with Gasteiger partial charge in [-0.2, -0.15) is 0 Å². The summed E-state index contributed by atoms with van der Waals surface area (Å²) >= 11 is 3.12. The second-order valence-electron chi connectivity index (χ2n) is 20.4. The number of anilines is 1. The van der Waals surface area contributed by atoms with Crippen LogP contribution < -0.4 is 20.3 Å². The second kappa shape index (κ2) is 30.7. The average molecular weight is 1150 g/mol. The summed E-state index contributed by atoms with van der Waals surface area (Å²) in [5, 5.41) is 16.3. The standard InChI is InChI=1S/C56H83BrN4O16/c1-12-45-55(7,77-45)47(33-50(64)61(9)41-31-40(32-44(70-10)38(41)5)30-35(2)18-17-21-46(71-11)56(69)25-28-74-54(68)59-56)76-53(67)39(6)60(8)49(63)24-27-73-51(65)36(3)22-23-37(4)52(66)75-43-20-16-14-13-15-19-42(43)72-29-26-58-48(62)34-57/h16-18,20-21,31-32,36-37,39,42-43,45-47,69H,12-15,19,22-30,33-34H2,1-11H3,(H,58,62)(H,59,68)/b20-16+,21-17+,35-18+/t36?,37?,39-,42?,43?,45-,46?,47-,55+,56?/m0/s1. The molecule has 1 aliphatic carbocycles. The topological polar surface area (TPSA) is 247 Å². The zero-order valence-electron chi connectivity index (χ0n) is 46.8. The van der Waals surface area contributed by atoms with Crippen molar-refractivity contribution >= 4 is 63.3 Å². The van der Waals surface area contributed by atoms with Gasteiger partial charge in [0.05, 0.1) is 68.2 Å². The molecule has 1 aromatic rings. The van der Waals surface area contributed by atoms with Gasteiger partial charge in [-0.15, -0.1) is 0 Å². The number of esters is 3. The Hall–Kier alpha value is -5.35. The maximum absolute atomic E-state index is 14.2. The zero-order chi connectivity index (χ0) is 57.0. The van der Waals surface area contributed by atoms with Crippen LogP contribution in [0.15, 0.2) is 48.1 Å². The molecule has 6 unspecified atom stereocenters. The van der Waals surface area contributed by atoms with E-state index in [0.29, 0.717) is 55.6 Å². The first-order chi connectivity index (χ1) is 36.5. The highest BCUT2D eigenvalue weighted by Crippen LogP contribution is 2.44. The predicted octanol–water partition coefficient (Wildman–Crippen LogP) is 6.49. The molecule has 21 heteroatoms. The Morgan fingerprint density at radius 3 is 2.38 bits per heavy atom. The van der Waals surface area contributed by atoms with Crippen LogP contribution in [-0.2, 0) is 68.3 Å². The summed E-state index contributed by atoms with van der Waals surface area (Å²) in [5.74, 6) is -3.19. The first-order valence-electron chi connectivity index (χ1n) is 26.6. The molecule has 0 aromatic heterocycles. The molecule has 0 bridgehead atoms. The van der Waals surface area contributed by atoms with Crippen molar-refractivity contribution in [3.8, 4) is 5.75 Å². The molecule has 77 heavy (non-hydrogen) atoms. The number of cyclic esters (lactones) is 1. The summed E-state index contributed by atoms with van der Waals surface area (Å²) in [6.45, 7) is 12.9. The molecular formula is C56H83BrN4O16. The van der Waals surface area contributed by atoms with Gasteiger partial charge in [-0.1, -0.05) is 73.0 Å². The molecule has 2 aliphatic heterocycles. The monoisotopic (exact) mass is 1150 g/mol. The molecule has 2 saturated heterocycles. The number of nitrogens with zero attached hydrogens (tertiary/aromatic N) is 2. The molecule has 4 amide bonds. The normalized spacial score (nSPS) is 23.8. The number of hydrogen-bond donors (Lipinski definition) is 3. The third-order valence-electron chi connectivity index (χ3n) is 14.5. The fraction of sp³-hybridized carbons (Fsp3) is 0.661. The van der Waals surface area contributed by atoms with Crippen LogP contribution in [0.5, 0.6) is 5.75 Å². The summed E-state index contributed by atoms with van der Waals surface area (Å²) in [6.07, 6.45) is 10.3. The van der Waals surface area contributed by atoms with Gasteiger partial charge in [0.25, 0.3) is 0 Å². The van der Waals surface area contributed by atoms with Crippen LogP contribution >= 0.6 is 15.9 Å². The van der Waals surface area contributed by atoms with Crippen molar-refractivity contribution in [1.82, 2.24) is 15.5 Å². The number of rotatable bonds is 29. The fourth-order valence-electron chi connectivity index (χ4n) is 9.17. The van der Waals surface area contributed by atoms with Gasteiger partial charge in [-0.3, -0.25) is 29.3 Å². The number of aliphatic hydroxyl groups is 1. The molecule has 4 rings (SSSR count). The Bertz CT molecular complexity index is 2290. The van der Waals surface area contributed by atoms with Crippen LogP contribution in [0.25, 0.3) is 0 Å². The van der Waals surface area contributed by atoms with Gasteiger partial charge in [-0.25, -0.2) is 9.59 Å². The summed E-state index contributed by atoms with van der Waals surface area (Å²) < 4.78 is 45.6. The number of likely N-dealkylation sites (N-methyl/N-ethyl adjacent to an activating group) is 1. The number of methoxy groups -OCH3 is 2. The number of carbonyl (C=O) groups excluding carboxylic acids is 7. The van der Waals surface area contributed by atoms with Gasteiger partial charge >= 0.3 is 24.0 Å². The summed E-state index contributed by atoms with van der Waals surface area (Å²) in [4.78, 5) is 93.7. The van der Waals surface area contributed by atoms with Crippen LogP contribution in [-0.4, -0.2) is 160 Å². The Kier molecular flexibility index (Phi) is 25.6. The van der Waals surface area contributed by atoms with E-state index in [9.17, 15) is 38.7 Å². The van der Waals surface area contributed by atoms with E-state index in [1.165, 1.54) is 30.9 Å². The quantitative estimate of drug-likeness (QED) is 0.0148. The number of hydrogen-bond acceptors (Lipinski definition) is 16. The van der Waals surface area contributed by atoms with Gasteiger partial charge in [0, 0.05) is 39.7 Å². The van der Waals surface area contributed by atoms with Crippen LogP contribution in [0.3, 0.4) is 0 Å². The Balaban J connectivity index is 1.30. The first kappa shape index (κ1) is 64.2. The van der Waals surface area contributed by atoms with Crippen LogP contribution in [0.2, 0.25) is 0 Å². The van der Waals surface area contributed by atoms with E-state index in [0.717, 1.165) is 30.4 Å². The smallest absolute Gasteiger partial charge is 0.409 e. The van der Waals surface area contributed by atoms with E-state index in [1.54, 1.807) is 47.1 Å². The van der Waals surface area contributed by atoms with Gasteiger partial charge < -0.3 is 58.1 Å². The second-order valence-corrected chi connectivity index (χ2v) is 20.9. The molecule has 3 N–H and O–H groups in total. The van der Waals surface area contributed by atoms with Crippen molar-refractivity contribution in [3.05, 3.63) is 59.2 Å². The number of halogens is 1. The SMILES string of the molecule is CC[C@@H]1O[C@@]1(C)[C@H](CC(=O)N(C)c1cc(C/C(C)=C/C=C/C(OC)C2(O)CCOC(=O)N2)cc(OC)c1C)OC(=O)[C@H](C)N(C)C(=O)CCOC(=O)C(C)CCC(C)C(=O)OC1/C=C/CCCCC1OCCNC(=O)CBr. The Morgan fingerprint density at radius 2 is 1.73 bits per heavy atom. The van der Waals surface area contributed by atoms with Gasteiger partial charge in [-0.05, 0) is 96.4 Å². The molecule has 0 saturated carbocycles. The molecule has 2 fully saturated rings. The average Bonchev–Trinajstić information content (AvgIpc) is 4.09. The third-order valence-corrected chi connectivity index (χ3v) is 15.0. The summed E-state index contributed by atoms with van der Waals surface area (Å²) in [7, 11) is 6.07. The molecule has 20 nitrogen and oxygen atoms in total. The third kappa shape index (κ3) is 18.9. The zero-order valence-corrected chi connectivity index (χ0v) is 48.4. The highest BCUT2D eigenvalue weighted by Gasteiger charge is 2.59. The van der Waals surface area contributed by atoms with Gasteiger partial charge in [0.2, 0.25) is 17.7 Å². The largest absolute Gasteiger partial charge is 0.496 e. The van der Waals surface area contributed by atoms with Gasteiger partial charge in [0.15, 0.2) is 5.72 Å². The fourth-order valence-corrected chi connectivity index (χ4v) is 9.37. The van der Waals surface area contributed by atoms with Crippen molar-refractivity contribution in [3.63, 3.8) is 0 Å². The Labute approximate surface area is 462 Å². The van der Waals surface area contributed by atoms with Crippen molar-refractivity contribution in [1.29, 1.82) is 0 Å². The lowest BCUT2D eigenvalue weighted by atomic mass is 9.95. The minimum absolute atomic E-state index is 0.0517. The van der Waals surface area contributed by atoms with Crippen molar-refractivity contribution < 1.29 is 76.6 Å². The number of epoxide rings is 1. The minimum atomic E-state index is -1.62. The van der Waals surface area contributed by atoms with Crippen molar-refractivity contribution in [2.75, 3.05) is 64.9 Å². The molecule has 3 aliphatic rings. The summed E-state index contributed by atoms with van der Waals surface area (Å²) in [5.41, 5.74) is 0.488. The first-order valence-corrected chi connectivity index (χ1v) is 27.7. The number of alkyl carbamates (subject to hydrolysis) is 1. The molecule has 1 aromatic carbocycles. The molecule has 0 radical (unpaired) electrons. The van der Waals surface area contributed by atoms with Crippen LogP contribution in [0, 0.1) is 18.8 Å². The maximum Gasteiger partial charge on any atom is 0.409 e. The molecule has 10 atom stereocenters. The minimum Gasteiger partial charge on any atom is -0.496 e. The number of alkyl halides is 1. The van der Waals surface area contributed by atoms with Gasteiger partial charge in [0.1, 0.15) is 42.3 Å². The highest BCUT2D eigenvalue weighted by atomic mass is 79.9. The predicted molar refractivity (Wildman–Crippen MR) is 290 cm³/mol. The lowest BCUT2D eigenvalue weighted by Gasteiger charge is -2.36. The Morgan fingerprint density at radius 1 is 1.01 bits per heavy atom. The molecule has 2 heterocycles. The van der Waals surface area contributed by atoms with E-state index in [-0.39, 0.29) is 68.4 Å². The van der Waals surface area contributed by atoms with E-state index in [2.05, 4.69) is 26.6 Å². The molecule has 0 spiro atoms. The number of carbonyl (C=O) groups is 7. The highest BCUT2D eigenvalue weighted by molar-refractivity contribution is 9.09. The number of nitrogens with one attached hydrogen (secondary N) is 2. The summed E-state index contributed by atoms with van der Waals surface area (Å²) in [6, 6.07) is 2.72. The van der Waals surface area contributed by atoms with Crippen molar-refractivity contribution in [2.24, 2.45) is 11.8 Å². The van der Waals surface area contributed by atoms with E-state index in [1.807, 2.05) is 51.1 Å². The van der Waals surface area contributed by atoms with Crippen molar-refractivity contribution in [2.45, 2.75) is 167 Å². The van der Waals surface area contributed by atoms with Crippen LogP contribution in [0.1, 0.15) is 117 Å².